The number of amides is 2. The highest BCUT2D eigenvalue weighted by atomic mass is 16.5. The van der Waals surface area contributed by atoms with Gasteiger partial charge in [-0.05, 0) is 77.1 Å². The van der Waals surface area contributed by atoms with Crippen LogP contribution in [0, 0.1) is 11.3 Å². The number of nitriles is 1. The molecular weight excluding hydrogens is 459 g/mol. The number of rotatable bonds is 9. The van der Waals surface area contributed by atoms with Gasteiger partial charge in [0.15, 0.2) is 0 Å². The summed E-state index contributed by atoms with van der Waals surface area (Å²) >= 11 is 0. The Labute approximate surface area is 213 Å². The van der Waals surface area contributed by atoms with Crippen molar-refractivity contribution in [3.05, 3.63) is 47.5 Å². The second-order valence-electron chi connectivity index (χ2n) is 10.1. The summed E-state index contributed by atoms with van der Waals surface area (Å²) in [7, 11) is -1.76. The van der Waals surface area contributed by atoms with Crippen LogP contribution >= 0.6 is 0 Å². The number of nitrogens with one attached hydrogen (secondary N) is 1. The number of alkyl carbamates (subject to hydrolysis) is 1. The molecule has 0 spiro atoms. The Morgan fingerprint density at radius 3 is 2.50 bits per heavy atom. The lowest BCUT2D eigenvalue weighted by Gasteiger charge is -2.36. The van der Waals surface area contributed by atoms with Gasteiger partial charge in [-0.1, -0.05) is 30.3 Å². The van der Waals surface area contributed by atoms with Gasteiger partial charge in [0.25, 0.3) is 5.91 Å². The normalized spacial score (nSPS) is 19.9. The van der Waals surface area contributed by atoms with Crippen molar-refractivity contribution >= 4 is 19.1 Å². The van der Waals surface area contributed by atoms with Crippen molar-refractivity contribution in [1.29, 1.82) is 5.26 Å². The summed E-state index contributed by atoms with van der Waals surface area (Å²) in [5, 5.41) is 31.7. The predicted molar refractivity (Wildman–Crippen MR) is 137 cm³/mol. The molecular formula is C26H37BN4O5. The summed E-state index contributed by atoms with van der Waals surface area (Å²) < 4.78 is 5.40. The largest absolute Gasteiger partial charge is 0.475 e. The van der Waals surface area contributed by atoms with E-state index in [1.54, 1.807) is 11.0 Å². The van der Waals surface area contributed by atoms with E-state index in [2.05, 4.69) is 16.3 Å². The van der Waals surface area contributed by atoms with Crippen LogP contribution in [0.3, 0.4) is 0 Å². The summed E-state index contributed by atoms with van der Waals surface area (Å²) in [5.74, 6) is -1.28. The van der Waals surface area contributed by atoms with Crippen molar-refractivity contribution in [2.75, 3.05) is 26.2 Å². The van der Waals surface area contributed by atoms with E-state index in [-0.39, 0.29) is 30.5 Å². The Hall–Kier alpha value is -2.87. The molecule has 194 valence electrons. The van der Waals surface area contributed by atoms with Gasteiger partial charge in [0, 0.05) is 12.1 Å². The molecule has 2 amide bonds. The molecule has 36 heavy (non-hydrogen) atoms. The fourth-order valence-electron chi connectivity index (χ4n) is 4.94. The van der Waals surface area contributed by atoms with E-state index in [0.29, 0.717) is 13.0 Å². The Morgan fingerprint density at radius 1 is 1.19 bits per heavy atom. The third kappa shape index (κ3) is 7.57. The van der Waals surface area contributed by atoms with Crippen LogP contribution in [-0.4, -0.2) is 82.7 Å². The Morgan fingerprint density at radius 2 is 1.86 bits per heavy atom. The van der Waals surface area contributed by atoms with Crippen LogP contribution in [0.2, 0.25) is 0 Å². The molecule has 0 aliphatic carbocycles. The van der Waals surface area contributed by atoms with Crippen molar-refractivity contribution in [2.24, 2.45) is 0 Å². The SMILES string of the molecule is CC(C)(/C=C(\C#N)C(=O)N1CCCC[C@@H]1COC(=O)N[C@@H](Cc1ccccc1)B(O)O)N1CCCC1. The van der Waals surface area contributed by atoms with Gasteiger partial charge in [-0.15, -0.1) is 0 Å². The Bertz CT molecular complexity index is 957. The van der Waals surface area contributed by atoms with Gasteiger partial charge in [-0.2, -0.15) is 5.26 Å². The maximum absolute atomic E-state index is 13.3. The number of ether oxygens (including phenoxy) is 1. The third-order valence-corrected chi connectivity index (χ3v) is 7.03. The van der Waals surface area contributed by atoms with Gasteiger partial charge in [-0.3, -0.25) is 9.69 Å². The Balaban J connectivity index is 1.61. The van der Waals surface area contributed by atoms with Gasteiger partial charge >= 0.3 is 13.2 Å². The van der Waals surface area contributed by atoms with E-state index in [1.807, 2.05) is 44.2 Å². The van der Waals surface area contributed by atoms with Crippen LogP contribution < -0.4 is 5.32 Å². The van der Waals surface area contributed by atoms with E-state index in [0.717, 1.165) is 44.3 Å². The zero-order valence-corrected chi connectivity index (χ0v) is 21.2. The van der Waals surface area contributed by atoms with Gasteiger partial charge < -0.3 is 25.0 Å². The quantitative estimate of drug-likeness (QED) is 0.271. The second kappa shape index (κ2) is 12.9. The average molecular weight is 496 g/mol. The summed E-state index contributed by atoms with van der Waals surface area (Å²) in [5.41, 5.74) is 0.542. The van der Waals surface area contributed by atoms with Crippen molar-refractivity contribution in [1.82, 2.24) is 15.1 Å². The highest BCUT2D eigenvalue weighted by molar-refractivity contribution is 6.43. The molecule has 3 N–H and O–H groups in total. The minimum atomic E-state index is -1.76. The van der Waals surface area contributed by atoms with E-state index in [9.17, 15) is 24.9 Å². The number of hydrogen-bond donors (Lipinski definition) is 3. The molecule has 0 bridgehead atoms. The molecule has 0 radical (unpaired) electrons. The van der Waals surface area contributed by atoms with Crippen molar-refractivity contribution in [3.8, 4) is 6.07 Å². The summed E-state index contributed by atoms with van der Waals surface area (Å²) in [6, 6.07) is 10.9. The van der Waals surface area contributed by atoms with Crippen LogP contribution in [0.25, 0.3) is 0 Å². The van der Waals surface area contributed by atoms with E-state index >= 15 is 0 Å². The molecule has 2 aliphatic heterocycles. The summed E-state index contributed by atoms with van der Waals surface area (Å²) in [6.07, 6.45) is 5.79. The first kappa shape index (κ1) is 27.7. The fraction of sp³-hybridized carbons (Fsp3) is 0.577. The van der Waals surface area contributed by atoms with Gasteiger partial charge in [-0.25, -0.2) is 4.79 Å². The molecule has 0 saturated carbocycles. The minimum absolute atomic E-state index is 0.0363. The summed E-state index contributed by atoms with van der Waals surface area (Å²) in [4.78, 5) is 29.7. The van der Waals surface area contributed by atoms with Crippen molar-refractivity contribution in [3.63, 3.8) is 0 Å². The lowest BCUT2D eigenvalue weighted by atomic mass is 9.76. The first-order chi connectivity index (χ1) is 17.2. The smallest absolute Gasteiger partial charge is 0.447 e. The second-order valence-corrected chi connectivity index (χ2v) is 10.1. The monoisotopic (exact) mass is 496 g/mol. The molecule has 10 heteroatoms. The fourth-order valence-corrected chi connectivity index (χ4v) is 4.94. The van der Waals surface area contributed by atoms with Crippen LogP contribution in [0.4, 0.5) is 4.79 Å². The number of piperidine rings is 1. The lowest BCUT2D eigenvalue weighted by molar-refractivity contribution is -0.131. The number of carbonyl (C=O) groups is 2. The molecule has 2 saturated heterocycles. The minimum Gasteiger partial charge on any atom is -0.447 e. The number of hydrogen-bond acceptors (Lipinski definition) is 7. The topological polar surface area (TPSA) is 126 Å². The van der Waals surface area contributed by atoms with Gasteiger partial charge in [0.05, 0.1) is 12.0 Å². The van der Waals surface area contributed by atoms with E-state index < -0.39 is 24.7 Å². The van der Waals surface area contributed by atoms with Crippen LogP contribution in [0.1, 0.15) is 51.5 Å². The molecule has 2 heterocycles. The van der Waals surface area contributed by atoms with Crippen molar-refractivity contribution in [2.45, 2.75) is 69.9 Å². The van der Waals surface area contributed by atoms with Gasteiger partial charge in [0.2, 0.25) is 0 Å². The van der Waals surface area contributed by atoms with E-state index in [1.165, 1.54) is 0 Å². The van der Waals surface area contributed by atoms with Gasteiger partial charge in [0.1, 0.15) is 18.2 Å². The molecule has 0 unspecified atom stereocenters. The predicted octanol–water partition coefficient (Wildman–Crippen LogP) is 2.04. The molecule has 9 nitrogen and oxygen atoms in total. The average Bonchev–Trinajstić information content (AvgIpc) is 3.42. The molecule has 3 rings (SSSR count). The maximum atomic E-state index is 13.3. The zero-order chi connectivity index (χ0) is 26.1. The number of carbonyl (C=O) groups excluding carboxylic acids is 2. The zero-order valence-electron chi connectivity index (χ0n) is 21.2. The molecule has 1 aromatic rings. The first-order valence-corrected chi connectivity index (χ1v) is 12.7. The highest BCUT2D eigenvalue weighted by Gasteiger charge is 2.34. The molecule has 1 aromatic carbocycles. The lowest BCUT2D eigenvalue weighted by Crippen LogP contribution is -2.50. The van der Waals surface area contributed by atoms with Crippen molar-refractivity contribution < 1.29 is 24.4 Å². The third-order valence-electron chi connectivity index (χ3n) is 7.03. The molecule has 2 atom stereocenters. The van der Waals surface area contributed by atoms with Crippen LogP contribution in [0.15, 0.2) is 42.0 Å². The number of nitrogens with zero attached hydrogens (tertiary/aromatic N) is 3. The number of likely N-dealkylation sites (tertiary alicyclic amines) is 2. The maximum Gasteiger partial charge on any atom is 0.475 e. The Kier molecular flexibility index (Phi) is 9.93. The van der Waals surface area contributed by atoms with Crippen LogP contribution in [-0.2, 0) is 16.0 Å². The standard InChI is InChI=1S/C26H37BN4O5/c1-26(2,30-13-8-9-14-30)17-21(18-28)24(32)31-15-7-6-12-22(31)19-36-25(33)29-23(27(34)35)16-20-10-4-3-5-11-20/h3-5,10-11,17,22-23,34-35H,6-9,12-16,19H2,1-2H3,(H,29,33)/b21-17+/t22-,23+/m1/s1. The summed E-state index contributed by atoms with van der Waals surface area (Å²) in [6.45, 7) is 6.38. The molecule has 2 aliphatic rings. The van der Waals surface area contributed by atoms with Crippen LogP contribution in [0.5, 0.6) is 0 Å². The molecule has 0 aromatic heterocycles. The highest BCUT2D eigenvalue weighted by Crippen LogP contribution is 2.25. The van der Waals surface area contributed by atoms with E-state index in [4.69, 9.17) is 4.74 Å². The molecule has 2 fully saturated rings. The number of benzene rings is 1. The first-order valence-electron chi connectivity index (χ1n) is 12.7.